The quantitative estimate of drug-likeness (QED) is 0.632. The van der Waals surface area contributed by atoms with Crippen LogP contribution in [-0.2, 0) is 26.6 Å². The molecule has 0 aliphatic carbocycles. The average molecular weight is 424 g/mol. The van der Waals surface area contributed by atoms with Crippen LogP contribution in [0.3, 0.4) is 0 Å². The molecule has 11 heteroatoms. The first-order chi connectivity index (χ1) is 12.2. The highest BCUT2D eigenvalue weighted by atomic mass is 35.5. The number of piperazine rings is 1. The lowest BCUT2D eigenvalue weighted by Gasteiger charge is -2.35. The lowest BCUT2D eigenvalue weighted by molar-refractivity contribution is -0.134. The highest BCUT2D eigenvalue weighted by Crippen LogP contribution is 2.17. The topological polar surface area (TPSA) is 96.8 Å². The van der Waals surface area contributed by atoms with E-state index in [0.29, 0.717) is 26.2 Å². The second-order valence-electron chi connectivity index (χ2n) is 6.63. The molecule has 1 saturated heterocycles. The Bertz CT molecular complexity index is 701. The normalized spacial score (nSPS) is 17.0. The van der Waals surface area contributed by atoms with Gasteiger partial charge in [-0.3, -0.25) is 9.48 Å². The third-order valence-electron chi connectivity index (χ3n) is 4.33. The Labute approximate surface area is 167 Å². The Kier molecular flexibility index (Phi) is 9.16. The van der Waals surface area contributed by atoms with Gasteiger partial charge in [-0.2, -0.15) is 9.40 Å². The first kappa shape index (κ1) is 23.8. The molecule has 1 N–H and O–H groups in total. The van der Waals surface area contributed by atoms with Gasteiger partial charge in [-0.25, -0.2) is 8.42 Å². The molecular weight excluding hydrogens is 394 g/mol. The third-order valence-corrected chi connectivity index (χ3v) is 6.16. The van der Waals surface area contributed by atoms with E-state index < -0.39 is 16.1 Å². The molecule has 2 heterocycles. The molecule has 0 aromatic carbocycles. The van der Waals surface area contributed by atoms with Gasteiger partial charge in [-0.05, 0) is 20.9 Å². The molecule has 1 amide bonds. The van der Waals surface area contributed by atoms with Crippen LogP contribution in [0.15, 0.2) is 12.4 Å². The summed E-state index contributed by atoms with van der Waals surface area (Å²) in [6.45, 7) is 5.29. The lowest BCUT2D eigenvalue weighted by Crippen LogP contribution is -2.53. The number of sulfonamides is 1. The first-order valence-corrected chi connectivity index (χ1v) is 10.4. The largest absolute Gasteiger partial charge is 0.378 e. The minimum absolute atomic E-state index is 0. The Morgan fingerprint density at radius 3 is 2.41 bits per heavy atom. The molecule has 1 unspecified atom stereocenters. The zero-order valence-corrected chi connectivity index (χ0v) is 17.9. The molecule has 1 aromatic rings. The standard InChI is InChI=1S/C16H29N5O4S.ClH/c1-13(2)25-9-10-26(23,24)21-7-5-20(6-8-21)16(22)15(17-3)14-11-18-19(4)12-14;/h11-13,15,17H,5-10H2,1-4H3;1H. The number of ether oxygens (including phenoxy) is 1. The van der Waals surface area contributed by atoms with Crippen molar-refractivity contribution < 1.29 is 17.9 Å². The molecule has 2 rings (SSSR count). The molecule has 1 aliphatic rings. The Morgan fingerprint density at radius 1 is 1.30 bits per heavy atom. The van der Waals surface area contributed by atoms with E-state index in [9.17, 15) is 13.2 Å². The average Bonchev–Trinajstić information content (AvgIpc) is 3.01. The number of aromatic nitrogens is 2. The van der Waals surface area contributed by atoms with Crippen LogP contribution < -0.4 is 5.32 Å². The van der Waals surface area contributed by atoms with Crippen molar-refractivity contribution in [3.8, 4) is 0 Å². The van der Waals surface area contributed by atoms with Gasteiger partial charge in [-0.1, -0.05) is 0 Å². The van der Waals surface area contributed by atoms with Crippen molar-refractivity contribution in [1.29, 1.82) is 0 Å². The molecule has 0 bridgehead atoms. The maximum Gasteiger partial charge on any atom is 0.244 e. The fourth-order valence-electron chi connectivity index (χ4n) is 2.91. The SMILES string of the molecule is CNC(C(=O)N1CCN(S(=O)(=O)CCOC(C)C)CC1)c1cnn(C)c1.Cl. The van der Waals surface area contributed by atoms with E-state index in [0.717, 1.165) is 5.56 Å². The van der Waals surface area contributed by atoms with Crippen molar-refractivity contribution in [2.45, 2.75) is 26.0 Å². The van der Waals surface area contributed by atoms with E-state index in [4.69, 9.17) is 4.74 Å². The highest BCUT2D eigenvalue weighted by Gasteiger charge is 2.32. The number of nitrogens with one attached hydrogen (secondary N) is 1. The van der Waals surface area contributed by atoms with Crippen molar-refractivity contribution in [2.75, 3.05) is 45.6 Å². The van der Waals surface area contributed by atoms with E-state index in [1.165, 1.54) is 4.31 Å². The van der Waals surface area contributed by atoms with Crippen LogP contribution in [0.2, 0.25) is 0 Å². The van der Waals surface area contributed by atoms with Crippen molar-refractivity contribution in [1.82, 2.24) is 24.3 Å². The summed E-state index contributed by atoms with van der Waals surface area (Å²) in [5.41, 5.74) is 0.792. The van der Waals surface area contributed by atoms with Crippen LogP contribution >= 0.6 is 12.4 Å². The molecule has 0 spiro atoms. The molecule has 27 heavy (non-hydrogen) atoms. The van der Waals surface area contributed by atoms with E-state index in [1.54, 1.807) is 36.1 Å². The van der Waals surface area contributed by atoms with Crippen molar-refractivity contribution >= 4 is 28.3 Å². The van der Waals surface area contributed by atoms with E-state index >= 15 is 0 Å². The summed E-state index contributed by atoms with van der Waals surface area (Å²) in [4.78, 5) is 14.5. The van der Waals surface area contributed by atoms with Gasteiger partial charge in [0, 0.05) is 45.0 Å². The van der Waals surface area contributed by atoms with Gasteiger partial charge in [0.1, 0.15) is 6.04 Å². The summed E-state index contributed by atoms with van der Waals surface area (Å²) < 4.78 is 33.2. The fourth-order valence-corrected chi connectivity index (χ4v) is 4.19. The predicted octanol–water partition coefficient (Wildman–Crippen LogP) is 0.00140. The van der Waals surface area contributed by atoms with E-state index in [2.05, 4.69) is 10.4 Å². The zero-order chi connectivity index (χ0) is 19.3. The van der Waals surface area contributed by atoms with Crippen LogP contribution in [0.1, 0.15) is 25.5 Å². The second-order valence-corrected chi connectivity index (χ2v) is 8.72. The van der Waals surface area contributed by atoms with Gasteiger partial charge in [0.15, 0.2) is 0 Å². The predicted molar refractivity (Wildman–Crippen MR) is 105 cm³/mol. The maximum absolute atomic E-state index is 12.8. The number of hydrogen-bond acceptors (Lipinski definition) is 6. The Hall–Kier alpha value is -1.20. The van der Waals surface area contributed by atoms with Gasteiger partial charge in [0.2, 0.25) is 15.9 Å². The number of likely N-dealkylation sites (N-methyl/N-ethyl adjacent to an activating group) is 1. The summed E-state index contributed by atoms with van der Waals surface area (Å²) in [7, 11) is 0.165. The number of nitrogens with zero attached hydrogens (tertiary/aromatic N) is 4. The molecular formula is C16H30ClN5O4S. The summed E-state index contributed by atoms with van der Waals surface area (Å²) in [5.74, 6) is -0.103. The molecule has 9 nitrogen and oxygen atoms in total. The minimum Gasteiger partial charge on any atom is -0.378 e. The molecule has 1 atom stereocenters. The molecule has 156 valence electrons. The second kappa shape index (κ2) is 10.4. The number of aryl methyl sites for hydroxylation is 1. The molecule has 0 saturated carbocycles. The zero-order valence-electron chi connectivity index (χ0n) is 16.3. The number of amides is 1. The third kappa shape index (κ3) is 6.42. The first-order valence-electron chi connectivity index (χ1n) is 8.78. The highest BCUT2D eigenvalue weighted by molar-refractivity contribution is 7.89. The summed E-state index contributed by atoms with van der Waals surface area (Å²) >= 11 is 0. The number of halogens is 1. The van der Waals surface area contributed by atoms with Crippen molar-refractivity contribution in [3.63, 3.8) is 0 Å². The molecule has 1 aliphatic heterocycles. The summed E-state index contributed by atoms with van der Waals surface area (Å²) in [6.07, 6.45) is 3.47. The monoisotopic (exact) mass is 423 g/mol. The van der Waals surface area contributed by atoms with Crippen molar-refractivity contribution in [3.05, 3.63) is 18.0 Å². The molecule has 0 radical (unpaired) electrons. The number of carbonyl (C=O) groups excluding carboxylic acids is 1. The smallest absolute Gasteiger partial charge is 0.244 e. The van der Waals surface area contributed by atoms with Gasteiger partial charge in [0.05, 0.1) is 24.7 Å². The fraction of sp³-hybridized carbons (Fsp3) is 0.750. The molecule has 1 aromatic heterocycles. The van der Waals surface area contributed by atoms with Crippen LogP contribution in [0.25, 0.3) is 0 Å². The van der Waals surface area contributed by atoms with Gasteiger partial charge >= 0.3 is 0 Å². The van der Waals surface area contributed by atoms with Crippen molar-refractivity contribution in [2.24, 2.45) is 7.05 Å². The van der Waals surface area contributed by atoms with Crippen LogP contribution in [-0.4, -0.2) is 85.0 Å². The summed E-state index contributed by atoms with van der Waals surface area (Å²) in [5, 5.41) is 7.12. The van der Waals surface area contributed by atoms with Crippen LogP contribution in [0.4, 0.5) is 0 Å². The van der Waals surface area contributed by atoms with E-state index in [1.807, 2.05) is 13.8 Å². The maximum atomic E-state index is 12.8. The number of carbonyl (C=O) groups is 1. The van der Waals surface area contributed by atoms with Gasteiger partial charge < -0.3 is 15.0 Å². The van der Waals surface area contributed by atoms with Gasteiger partial charge in [-0.15, -0.1) is 12.4 Å². The molecule has 1 fully saturated rings. The minimum atomic E-state index is -3.36. The van der Waals surface area contributed by atoms with E-state index in [-0.39, 0.29) is 36.8 Å². The Balaban J connectivity index is 0.00000364. The number of hydrogen-bond donors (Lipinski definition) is 1. The summed E-state index contributed by atoms with van der Waals surface area (Å²) in [6, 6.07) is -0.480. The van der Waals surface area contributed by atoms with Crippen LogP contribution in [0, 0.1) is 0 Å². The van der Waals surface area contributed by atoms with Gasteiger partial charge in [0.25, 0.3) is 0 Å². The van der Waals surface area contributed by atoms with Crippen LogP contribution in [0.5, 0.6) is 0 Å². The number of rotatable bonds is 8. The lowest BCUT2D eigenvalue weighted by atomic mass is 10.1. The Morgan fingerprint density at radius 2 is 1.93 bits per heavy atom.